The fourth-order valence-electron chi connectivity index (χ4n) is 1.83. The van der Waals surface area contributed by atoms with Crippen molar-refractivity contribution in [1.29, 1.82) is 5.26 Å². The Bertz CT molecular complexity index is 494. The SMILES string of the molecule is CSCCC(C)N(C)c1ccc(C(F)(F)F)c(C#N)c1. The van der Waals surface area contributed by atoms with E-state index in [4.69, 9.17) is 5.26 Å². The van der Waals surface area contributed by atoms with E-state index >= 15 is 0 Å². The zero-order valence-electron chi connectivity index (χ0n) is 11.7. The summed E-state index contributed by atoms with van der Waals surface area (Å²) in [5, 5.41) is 8.90. The maximum absolute atomic E-state index is 12.7. The van der Waals surface area contributed by atoms with Crippen LogP contribution in [0.4, 0.5) is 18.9 Å². The van der Waals surface area contributed by atoms with Crippen molar-refractivity contribution in [2.75, 3.05) is 24.0 Å². The minimum atomic E-state index is -4.49. The number of alkyl halides is 3. The topological polar surface area (TPSA) is 27.0 Å². The molecule has 0 aromatic heterocycles. The zero-order valence-corrected chi connectivity index (χ0v) is 12.5. The van der Waals surface area contributed by atoms with Crippen LogP contribution >= 0.6 is 11.8 Å². The first-order valence-electron chi connectivity index (χ1n) is 6.14. The van der Waals surface area contributed by atoms with Crippen molar-refractivity contribution < 1.29 is 13.2 Å². The maximum atomic E-state index is 12.7. The molecular weight excluding hydrogens is 285 g/mol. The molecule has 0 heterocycles. The summed E-state index contributed by atoms with van der Waals surface area (Å²) in [6.07, 6.45) is -1.55. The smallest absolute Gasteiger partial charge is 0.372 e. The van der Waals surface area contributed by atoms with Crippen molar-refractivity contribution in [2.45, 2.75) is 25.6 Å². The summed E-state index contributed by atoms with van der Waals surface area (Å²) >= 11 is 1.73. The molecule has 0 aliphatic carbocycles. The summed E-state index contributed by atoms with van der Waals surface area (Å²) in [4.78, 5) is 1.90. The van der Waals surface area contributed by atoms with Crippen LogP contribution < -0.4 is 4.90 Å². The molecule has 2 nitrogen and oxygen atoms in total. The Morgan fingerprint density at radius 3 is 2.55 bits per heavy atom. The van der Waals surface area contributed by atoms with E-state index in [1.165, 1.54) is 12.1 Å². The third-order valence-electron chi connectivity index (χ3n) is 3.24. The summed E-state index contributed by atoms with van der Waals surface area (Å²) in [7, 11) is 1.83. The largest absolute Gasteiger partial charge is 0.417 e. The van der Waals surface area contributed by atoms with E-state index in [2.05, 4.69) is 0 Å². The first-order chi connectivity index (χ1) is 9.31. The fourth-order valence-corrected chi connectivity index (χ4v) is 2.40. The number of nitriles is 1. The van der Waals surface area contributed by atoms with E-state index in [1.54, 1.807) is 17.8 Å². The van der Waals surface area contributed by atoms with Gasteiger partial charge in [0.15, 0.2) is 0 Å². The summed E-state index contributed by atoms with van der Waals surface area (Å²) < 4.78 is 38.2. The highest BCUT2D eigenvalue weighted by molar-refractivity contribution is 7.98. The number of rotatable bonds is 5. The molecule has 1 atom stereocenters. The molecule has 0 saturated heterocycles. The van der Waals surface area contributed by atoms with E-state index in [9.17, 15) is 13.2 Å². The Morgan fingerprint density at radius 1 is 1.40 bits per heavy atom. The second-order valence-corrected chi connectivity index (χ2v) is 5.57. The Morgan fingerprint density at radius 2 is 2.05 bits per heavy atom. The third kappa shape index (κ3) is 4.07. The van der Waals surface area contributed by atoms with Crippen molar-refractivity contribution in [3.8, 4) is 6.07 Å². The molecule has 0 amide bonds. The van der Waals surface area contributed by atoms with Crippen molar-refractivity contribution in [3.05, 3.63) is 29.3 Å². The van der Waals surface area contributed by atoms with Gasteiger partial charge in [-0.2, -0.15) is 30.2 Å². The van der Waals surface area contributed by atoms with Gasteiger partial charge >= 0.3 is 6.18 Å². The van der Waals surface area contributed by atoms with Gasteiger partial charge in [0.2, 0.25) is 0 Å². The molecule has 1 aromatic rings. The predicted molar refractivity (Wildman–Crippen MR) is 77.0 cm³/mol. The van der Waals surface area contributed by atoms with Crippen LogP contribution in [0.5, 0.6) is 0 Å². The summed E-state index contributed by atoms with van der Waals surface area (Å²) in [5.74, 6) is 0.983. The number of halogens is 3. The number of nitrogens with zero attached hydrogens (tertiary/aromatic N) is 2. The molecule has 0 saturated carbocycles. The van der Waals surface area contributed by atoms with Crippen LogP contribution in [0, 0.1) is 11.3 Å². The standard InChI is InChI=1S/C14H17F3N2S/c1-10(6-7-20-3)19(2)12-4-5-13(14(15,16)17)11(8-12)9-18/h4-5,8,10H,6-7H2,1-3H3. The van der Waals surface area contributed by atoms with Gasteiger partial charge < -0.3 is 4.90 Å². The molecule has 1 aromatic carbocycles. The minimum Gasteiger partial charge on any atom is -0.372 e. The van der Waals surface area contributed by atoms with Gasteiger partial charge in [-0.15, -0.1) is 0 Å². The lowest BCUT2D eigenvalue weighted by Gasteiger charge is -2.27. The zero-order chi connectivity index (χ0) is 15.3. The number of benzene rings is 1. The molecule has 0 aliphatic heterocycles. The Hall–Kier alpha value is -1.35. The van der Waals surface area contributed by atoms with E-state index in [0.717, 1.165) is 18.2 Å². The molecule has 0 aliphatic rings. The maximum Gasteiger partial charge on any atom is 0.417 e. The molecule has 6 heteroatoms. The highest BCUT2D eigenvalue weighted by Crippen LogP contribution is 2.33. The molecule has 0 radical (unpaired) electrons. The molecule has 1 unspecified atom stereocenters. The Labute approximate surface area is 121 Å². The molecular formula is C14H17F3N2S. The monoisotopic (exact) mass is 302 g/mol. The Balaban J connectivity index is 3.02. The first-order valence-corrected chi connectivity index (χ1v) is 7.53. The average molecular weight is 302 g/mol. The minimum absolute atomic E-state index is 0.200. The molecule has 0 spiro atoms. The van der Waals surface area contributed by atoms with Crippen LogP contribution in [0.25, 0.3) is 0 Å². The summed E-state index contributed by atoms with van der Waals surface area (Å²) in [5.41, 5.74) is -0.587. The van der Waals surface area contributed by atoms with Crippen molar-refractivity contribution in [3.63, 3.8) is 0 Å². The molecule has 110 valence electrons. The van der Waals surface area contributed by atoms with Gasteiger partial charge in [-0.05, 0) is 43.6 Å². The van der Waals surface area contributed by atoms with Crippen molar-refractivity contribution in [2.24, 2.45) is 0 Å². The van der Waals surface area contributed by atoms with Gasteiger partial charge in [0.1, 0.15) is 0 Å². The second kappa shape index (κ2) is 6.89. The number of hydrogen-bond acceptors (Lipinski definition) is 3. The summed E-state index contributed by atoms with van der Waals surface area (Å²) in [6, 6.07) is 5.53. The van der Waals surface area contributed by atoms with Crippen LogP contribution in [-0.2, 0) is 6.18 Å². The molecule has 1 rings (SSSR count). The summed E-state index contributed by atoms with van der Waals surface area (Å²) in [6.45, 7) is 2.01. The van der Waals surface area contributed by atoms with E-state index in [1.807, 2.05) is 25.1 Å². The van der Waals surface area contributed by atoms with Crippen molar-refractivity contribution in [1.82, 2.24) is 0 Å². The molecule has 0 bridgehead atoms. The van der Waals surface area contributed by atoms with Crippen LogP contribution in [0.15, 0.2) is 18.2 Å². The van der Waals surface area contributed by atoms with Crippen molar-refractivity contribution >= 4 is 17.4 Å². The van der Waals surface area contributed by atoms with Gasteiger partial charge in [0, 0.05) is 18.8 Å². The number of anilines is 1. The highest BCUT2D eigenvalue weighted by atomic mass is 32.2. The third-order valence-corrected chi connectivity index (χ3v) is 3.88. The quantitative estimate of drug-likeness (QED) is 0.817. The number of hydrogen-bond donors (Lipinski definition) is 0. The van der Waals surface area contributed by atoms with E-state index < -0.39 is 11.7 Å². The van der Waals surface area contributed by atoms with E-state index in [0.29, 0.717) is 5.69 Å². The van der Waals surface area contributed by atoms with E-state index in [-0.39, 0.29) is 11.6 Å². The normalized spacial score (nSPS) is 12.8. The molecule has 20 heavy (non-hydrogen) atoms. The predicted octanol–water partition coefficient (Wildman–Crippen LogP) is 4.15. The second-order valence-electron chi connectivity index (χ2n) is 4.58. The van der Waals surface area contributed by atoms with Gasteiger partial charge in [-0.25, -0.2) is 0 Å². The lowest BCUT2D eigenvalue weighted by molar-refractivity contribution is -0.137. The average Bonchev–Trinajstić information content (AvgIpc) is 2.42. The van der Waals surface area contributed by atoms with Crippen LogP contribution in [-0.4, -0.2) is 25.1 Å². The van der Waals surface area contributed by atoms with Gasteiger partial charge in [0.05, 0.1) is 17.2 Å². The van der Waals surface area contributed by atoms with Crippen LogP contribution in [0.2, 0.25) is 0 Å². The fraction of sp³-hybridized carbons (Fsp3) is 0.500. The first kappa shape index (κ1) is 16.7. The van der Waals surface area contributed by atoms with Crippen LogP contribution in [0.1, 0.15) is 24.5 Å². The molecule has 0 N–H and O–H groups in total. The lowest BCUT2D eigenvalue weighted by atomic mass is 10.1. The lowest BCUT2D eigenvalue weighted by Crippen LogP contribution is -2.29. The van der Waals surface area contributed by atoms with Gasteiger partial charge in [-0.1, -0.05) is 0 Å². The Kier molecular flexibility index (Phi) is 5.75. The molecule has 0 fully saturated rings. The van der Waals surface area contributed by atoms with Gasteiger partial charge in [0.25, 0.3) is 0 Å². The van der Waals surface area contributed by atoms with Crippen LogP contribution in [0.3, 0.4) is 0 Å². The number of thioether (sulfide) groups is 1. The van der Waals surface area contributed by atoms with Gasteiger partial charge in [-0.3, -0.25) is 0 Å². The highest BCUT2D eigenvalue weighted by Gasteiger charge is 2.33.